The third kappa shape index (κ3) is 36.2. The lowest BCUT2D eigenvalue weighted by Crippen LogP contribution is -2.52. The Labute approximate surface area is 575 Å². The summed E-state index contributed by atoms with van der Waals surface area (Å²) in [7, 11) is 0. The van der Waals surface area contributed by atoms with Crippen LogP contribution >= 0.6 is 0 Å². The largest absolute Gasteiger partial charge is 0.481 e. The second-order valence-corrected chi connectivity index (χ2v) is 22.4. The van der Waals surface area contributed by atoms with Gasteiger partial charge in [0.05, 0.1) is 12.8 Å². The molecule has 99 heavy (non-hydrogen) atoms. The summed E-state index contributed by atoms with van der Waals surface area (Å²) >= 11 is 0. The molecule has 28 nitrogen and oxygen atoms in total. The Balaban J connectivity index is 0.00000515. The summed E-state index contributed by atoms with van der Waals surface area (Å²) in [5, 5.41) is 39.0. The smallest absolute Gasteiger partial charge is 0.373 e. The molecule has 0 spiro atoms. The lowest BCUT2D eigenvalue weighted by atomic mass is 10.0. The molecule has 0 aliphatic carbocycles. The number of carboxylic acid groups (broad SMARTS) is 3. The van der Waals surface area contributed by atoms with Gasteiger partial charge < -0.3 is 56.2 Å². The maximum absolute atomic E-state index is 15.0. The highest BCUT2D eigenvalue weighted by molar-refractivity contribution is 5.91. The summed E-state index contributed by atoms with van der Waals surface area (Å²) in [6.07, 6.45) is 2.22. The van der Waals surface area contributed by atoms with Gasteiger partial charge >= 0.3 is 36.4 Å². The van der Waals surface area contributed by atoms with Crippen LogP contribution in [0.25, 0.3) is 0 Å². The third-order valence-electron chi connectivity index (χ3n) is 15.2. The molecule has 0 aliphatic heterocycles. The fraction of sp³-hybridized carbons (Fsp3) is 0.465. The second-order valence-electron chi connectivity index (χ2n) is 22.4. The van der Waals surface area contributed by atoms with E-state index in [1.165, 1.54) is 19.6 Å². The van der Waals surface area contributed by atoms with Gasteiger partial charge in [-0.05, 0) is 74.1 Å². The molecule has 4 atom stereocenters. The van der Waals surface area contributed by atoms with E-state index in [0.717, 1.165) is 16.7 Å². The fourth-order valence-corrected chi connectivity index (χ4v) is 10.6. The maximum Gasteiger partial charge on any atom is 0.373 e. The zero-order valence-corrected chi connectivity index (χ0v) is 56.3. The van der Waals surface area contributed by atoms with Crippen molar-refractivity contribution >= 4 is 83.6 Å². The van der Waals surface area contributed by atoms with Crippen LogP contribution in [0.4, 0.5) is 0 Å². The Hall–Kier alpha value is -10.8. The van der Waals surface area contributed by atoms with E-state index in [0.29, 0.717) is 44.1 Å². The van der Waals surface area contributed by atoms with Crippen molar-refractivity contribution in [3.05, 3.63) is 144 Å². The van der Waals surface area contributed by atoms with Crippen molar-refractivity contribution in [1.82, 2.24) is 40.9 Å². The van der Waals surface area contributed by atoms with E-state index in [2.05, 4.69) is 21.3 Å². The number of unbranched alkanes of at least 4 members (excludes halogenated alkanes) is 2. The highest BCUT2D eigenvalue weighted by atomic mass is 16.4. The van der Waals surface area contributed by atoms with E-state index in [1.807, 2.05) is 98.8 Å². The minimum Gasteiger partial charge on any atom is -0.481 e. The molecule has 0 aliphatic rings. The van der Waals surface area contributed by atoms with Crippen LogP contribution in [0.5, 0.6) is 0 Å². The zero-order valence-electron chi connectivity index (χ0n) is 56.3. The molecule has 0 bridgehead atoms. The predicted octanol–water partition coefficient (Wildman–Crippen LogP) is 5.28. The van der Waals surface area contributed by atoms with Crippen molar-refractivity contribution in [2.24, 2.45) is 0 Å². The maximum atomic E-state index is 15.0. The Morgan fingerprint density at radius 3 is 1.02 bits per heavy atom. The van der Waals surface area contributed by atoms with Crippen LogP contribution in [0, 0.1) is 0 Å². The van der Waals surface area contributed by atoms with Crippen LogP contribution in [0.1, 0.15) is 152 Å². The first-order valence-corrected chi connectivity index (χ1v) is 32.7. The van der Waals surface area contributed by atoms with Gasteiger partial charge in [-0.3, -0.25) is 52.7 Å². The number of rotatable bonds is 44. The minimum atomic E-state index is -1.17. The van der Waals surface area contributed by atoms with E-state index in [1.54, 1.807) is 43.3 Å². The number of carboxylic acids is 3. The number of aliphatic carboxylic acids is 3. The number of benzene rings is 4. The van der Waals surface area contributed by atoms with Gasteiger partial charge in [-0.15, -0.1) is 0 Å². The molecular formula is C71H92N8O20. The van der Waals surface area contributed by atoms with Crippen LogP contribution in [0.15, 0.2) is 121 Å². The van der Waals surface area contributed by atoms with Crippen molar-refractivity contribution in [3.8, 4) is 0 Å². The van der Waals surface area contributed by atoms with Gasteiger partial charge in [0, 0.05) is 90.9 Å². The minimum absolute atomic E-state index is 0.0121. The van der Waals surface area contributed by atoms with E-state index < -0.39 is 83.4 Å². The molecule has 0 radical (unpaired) electrons. The van der Waals surface area contributed by atoms with Crippen molar-refractivity contribution in [3.63, 3.8) is 0 Å². The topological polar surface area (TPSA) is 412 Å². The van der Waals surface area contributed by atoms with Crippen molar-refractivity contribution in [1.29, 1.82) is 0 Å². The Morgan fingerprint density at radius 1 is 0.343 bits per heavy atom. The van der Waals surface area contributed by atoms with Crippen molar-refractivity contribution in [2.45, 2.75) is 180 Å². The lowest BCUT2D eigenvalue weighted by Gasteiger charge is -2.33. The van der Waals surface area contributed by atoms with Gasteiger partial charge in [-0.1, -0.05) is 154 Å². The second kappa shape index (κ2) is 52.4. The molecule has 0 saturated heterocycles. The number of carbonyl (C=O) groups excluding carboxylic acids is 14. The van der Waals surface area contributed by atoms with Crippen LogP contribution in [0.2, 0.25) is 0 Å². The zero-order chi connectivity index (χ0) is 73.8. The first-order valence-electron chi connectivity index (χ1n) is 32.7. The summed E-state index contributed by atoms with van der Waals surface area (Å²) in [5.41, 5.74) is 2.96. The van der Waals surface area contributed by atoms with Gasteiger partial charge in [-0.2, -0.15) is 28.8 Å². The van der Waals surface area contributed by atoms with Crippen molar-refractivity contribution < 1.29 is 96.8 Å². The van der Waals surface area contributed by atoms with Crippen LogP contribution in [-0.2, 0) is 108 Å². The molecule has 0 aromatic heterocycles. The van der Waals surface area contributed by atoms with Gasteiger partial charge in [0.25, 0.3) is 0 Å². The van der Waals surface area contributed by atoms with Gasteiger partial charge in [0.1, 0.15) is 24.2 Å². The number of nitrogens with one attached hydrogen (secondary N) is 4. The number of hydrogen-bond acceptors (Lipinski definition) is 17. The van der Waals surface area contributed by atoms with E-state index in [4.69, 9.17) is 28.8 Å². The summed E-state index contributed by atoms with van der Waals surface area (Å²) < 4.78 is 0. The first kappa shape index (κ1) is 86.2. The van der Waals surface area contributed by atoms with E-state index in [9.17, 15) is 68.1 Å². The molecule has 4 unspecified atom stereocenters. The SMILES string of the molecule is CCCC(C(=O)NCCC(=O)O)N(Cc1ccccc1)C(=O)CCCCCN(C(=O)CCCC(=O)N(Cc1ccccc1)C(CCC)C(=O)NCCC(=O)O)C(Cc1ccccc1)C(=O)NCCC(=O)N(Cc1ccccc1)C(CCCC(=O)O)C(=O)NCC.O=C=O.O=C=O.O=C=O. The molecule has 536 valence electrons. The average molecular weight is 1380 g/mol. The molecule has 28 heteroatoms. The summed E-state index contributed by atoms with van der Waals surface area (Å²) in [6.45, 7) is 5.52. The molecular weight excluding hydrogens is 1280 g/mol. The molecule has 4 rings (SSSR count). The molecule has 0 saturated carbocycles. The Morgan fingerprint density at radius 2 is 0.657 bits per heavy atom. The number of amides is 8. The monoisotopic (exact) mass is 1380 g/mol. The number of hydrogen-bond donors (Lipinski definition) is 7. The van der Waals surface area contributed by atoms with Crippen LogP contribution < -0.4 is 21.3 Å². The standard InChI is InChI=1S/C68H92N8O14.3CO2/c1-4-24-54(66(88)71-43-40-63(83)84)74(47-51-28-14-8-15-29-51)59(78)35-20-11-21-45-73(58(77)36-23-37-60(79)75(48-52-30-16-9-17-31-52)55(25-5-2)67(89)72-44-41-64(85)86)57(46-50-26-12-7-13-27-50)68(90)70-42-39-61(80)76(49-53-32-18-10-19-33-53)56(65(87)69-6-3)34-22-38-62(81)82;3*2-1-3/h7-10,12-19,26-33,54-57H,4-6,11,20-25,34-49H2,1-3H3,(H,69,87)(H,70,90)(H,71,88)(H,72,89)(H,81,82)(H,83,84)(H,85,86);;;. The van der Waals surface area contributed by atoms with Gasteiger partial charge in [0.2, 0.25) is 47.3 Å². The summed E-state index contributed by atoms with van der Waals surface area (Å²) in [6, 6.07) is 32.3. The van der Waals surface area contributed by atoms with Crippen molar-refractivity contribution in [2.75, 3.05) is 32.7 Å². The number of carbonyl (C=O) groups is 11. The molecule has 4 aromatic rings. The molecule has 8 amide bonds. The summed E-state index contributed by atoms with van der Waals surface area (Å²) in [5.74, 6) is -6.92. The van der Waals surface area contributed by atoms with Crippen LogP contribution in [-0.4, -0.2) is 175 Å². The Bertz CT molecular complexity index is 3190. The third-order valence-corrected chi connectivity index (χ3v) is 15.2. The number of nitrogens with zero attached hydrogens (tertiary/aromatic N) is 4. The van der Waals surface area contributed by atoms with Gasteiger partial charge in [0.15, 0.2) is 0 Å². The number of likely N-dealkylation sites (N-methyl/N-ethyl adjacent to an activating group) is 1. The molecule has 7 N–H and O–H groups in total. The van der Waals surface area contributed by atoms with E-state index >= 15 is 0 Å². The van der Waals surface area contributed by atoms with Crippen LogP contribution in [0.3, 0.4) is 0 Å². The summed E-state index contributed by atoms with van der Waals surface area (Å²) in [4.78, 5) is 203. The molecule has 0 fully saturated rings. The quantitative estimate of drug-likeness (QED) is 0.0277. The fourth-order valence-electron chi connectivity index (χ4n) is 10.6. The van der Waals surface area contributed by atoms with Gasteiger partial charge in [-0.25, -0.2) is 0 Å². The molecule has 0 heterocycles. The average Bonchev–Trinajstić information content (AvgIpc) is 0.909. The predicted molar refractivity (Wildman–Crippen MR) is 353 cm³/mol. The Kier molecular flexibility index (Phi) is 45.6. The van der Waals surface area contributed by atoms with E-state index in [-0.39, 0.29) is 154 Å². The highest BCUT2D eigenvalue weighted by Gasteiger charge is 2.35. The first-order chi connectivity index (χ1) is 47.6. The lowest BCUT2D eigenvalue weighted by molar-refractivity contribution is -0.193. The molecule has 4 aromatic carbocycles. The highest BCUT2D eigenvalue weighted by Crippen LogP contribution is 2.22. The normalized spacial score (nSPS) is 11.3.